The summed E-state index contributed by atoms with van der Waals surface area (Å²) < 4.78 is 32.9. The van der Waals surface area contributed by atoms with Crippen molar-refractivity contribution in [2.24, 2.45) is 0 Å². The van der Waals surface area contributed by atoms with E-state index in [0.29, 0.717) is 21.5 Å². The van der Waals surface area contributed by atoms with Crippen molar-refractivity contribution in [2.75, 3.05) is 43.6 Å². The molecule has 0 spiro atoms. The summed E-state index contributed by atoms with van der Waals surface area (Å²) in [5.41, 5.74) is -0.188. The Hall–Kier alpha value is -2.60. The number of alkyl halides is 2. The predicted molar refractivity (Wildman–Crippen MR) is 118 cm³/mol. The van der Waals surface area contributed by atoms with Gasteiger partial charge in [-0.3, -0.25) is 14.4 Å². The molecule has 2 aromatic rings. The van der Waals surface area contributed by atoms with E-state index in [1.165, 1.54) is 30.1 Å². The highest BCUT2D eigenvalue weighted by atomic mass is 35.5. The van der Waals surface area contributed by atoms with E-state index in [1.54, 1.807) is 12.1 Å². The van der Waals surface area contributed by atoms with Gasteiger partial charge >= 0.3 is 0 Å². The number of morpholine rings is 1. The van der Waals surface area contributed by atoms with Crippen molar-refractivity contribution in [1.82, 2.24) is 10.6 Å². The summed E-state index contributed by atoms with van der Waals surface area (Å²) in [4.78, 5) is 38.5. The second-order valence-electron chi connectivity index (χ2n) is 6.81. The van der Waals surface area contributed by atoms with Crippen LogP contribution in [0.3, 0.4) is 0 Å². The zero-order chi connectivity index (χ0) is 23.3. The van der Waals surface area contributed by atoms with Gasteiger partial charge < -0.3 is 25.6 Å². The lowest BCUT2D eigenvalue weighted by atomic mass is 10.1. The van der Waals surface area contributed by atoms with E-state index in [2.05, 4.69) is 16.0 Å². The van der Waals surface area contributed by atoms with Crippen molar-refractivity contribution in [1.29, 1.82) is 0 Å². The summed E-state index contributed by atoms with van der Waals surface area (Å²) in [6, 6.07) is 6.27. The molecule has 0 bridgehead atoms. The molecule has 0 radical (unpaired) electrons. The van der Waals surface area contributed by atoms with Crippen molar-refractivity contribution in [3.8, 4) is 0 Å². The first kappa shape index (κ1) is 24.1. The van der Waals surface area contributed by atoms with Gasteiger partial charge in [-0.05, 0) is 37.4 Å². The molecule has 3 N–H and O–H groups in total. The van der Waals surface area contributed by atoms with Crippen LogP contribution in [0.4, 0.5) is 20.2 Å². The van der Waals surface area contributed by atoms with Crippen molar-refractivity contribution in [3.63, 3.8) is 0 Å². The highest BCUT2D eigenvalue weighted by Crippen LogP contribution is 2.32. The van der Waals surface area contributed by atoms with E-state index >= 15 is 0 Å². The summed E-state index contributed by atoms with van der Waals surface area (Å²) in [5, 5.41) is 7.83. The number of hydrogen-bond donors (Lipinski definition) is 3. The van der Waals surface area contributed by atoms with Gasteiger partial charge in [-0.25, -0.2) is 8.78 Å². The number of amides is 3. The first-order chi connectivity index (χ1) is 15.3. The van der Waals surface area contributed by atoms with Gasteiger partial charge in [0, 0.05) is 30.0 Å². The number of rotatable bonds is 8. The van der Waals surface area contributed by atoms with Gasteiger partial charge in [0.1, 0.15) is 12.6 Å². The molecule has 1 aromatic heterocycles. The fourth-order valence-electron chi connectivity index (χ4n) is 3.07. The number of benzene rings is 1. The maximum Gasteiger partial charge on any atom is 0.265 e. The van der Waals surface area contributed by atoms with Gasteiger partial charge in [0.25, 0.3) is 18.2 Å². The number of nitrogens with zero attached hydrogens (tertiary/aromatic N) is 1. The molecule has 2 heterocycles. The van der Waals surface area contributed by atoms with Crippen LogP contribution in [0.15, 0.2) is 30.3 Å². The molecule has 1 atom stereocenters. The Balaban J connectivity index is 1.69. The zero-order valence-electron chi connectivity index (χ0n) is 17.0. The molecule has 1 aliphatic rings. The van der Waals surface area contributed by atoms with Crippen LogP contribution >= 0.6 is 22.9 Å². The summed E-state index contributed by atoms with van der Waals surface area (Å²) in [5.74, 6) is -1.33. The maximum absolute atomic E-state index is 13.7. The largest absolute Gasteiger partial charge is 0.370 e. The average Bonchev–Trinajstić information content (AvgIpc) is 3.21. The molecule has 0 aliphatic carbocycles. The number of ether oxygens (including phenoxy) is 1. The molecule has 1 saturated heterocycles. The smallest absolute Gasteiger partial charge is 0.265 e. The van der Waals surface area contributed by atoms with Gasteiger partial charge in [-0.2, -0.15) is 0 Å². The van der Waals surface area contributed by atoms with E-state index < -0.39 is 29.8 Å². The first-order valence-corrected chi connectivity index (χ1v) is 10.8. The van der Waals surface area contributed by atoms with E-state index in [1.807, 2.05) is 0 Å². The molecule has 12 heteroatoms. The minimum absolute atomic E-state index is 0.0684. The summed E-state index contributed by atoms with van der Waals surface area (Å²) in [6.45, 7) is 0.377. The van der Waals surface area contributed by atoms with Crippen LogP contribution in [0.25, 0.3) is 0 Å². The van der Waals surface area contributed by atoms with Crippen molar-refractivity contribution in [2.45, 2.75) is 12.5 Å². The SMILES string of the molecule is CN[C@@H](CNC(=O)c1ccc(Cl)s1)C(=O)Nc1ccc(N2CCOCC2=O)cc1C(F)F. The maximum atomic E-state index is 13.7. The van der Waals surface area contributed by atoms with Crippen molar-refractivity contribution < 1.29 is 27.9 Å². The number of nitrogens with one attached hydrogen (secondary N) is 3. The molecule has 1 aromatic carbocycles. The normalized spacial score (nSPS) is 15.0. The van der Waals surface area contributed by atoms with Crippen LogP contribution in [-0.4, -0.2) is 57.1 Å². The van der Waals surface area contributed by atoms with Crippen molar-refractivity contribution in [3.05, 3.63) is 45.1 Å². The molecule has 1 aliphatic heterocycles. The molecule has 8 nitrogen and oxygen atoms in total. The standard InChI is InChI=1S/C20H21ClF2N4O4S/c1-24-14(9-25-20(30)15-4-5-16(21)32-15)19(29)26-13-3-2-11(8-12(13)18(22)23)27-6-7-31-10-17(27)28/h2-5,8,14,18,24H,6-7,9-10H2,1H3,(H,25,30)(H,26,29)/t14-/m0/s1. The Kier molecular flexibility index (Phi) is 8.13. The highest BCUT2D eigenvalue weighted by molar-refractivity contribution is 7.18. The van der Waals surface area contributed by atoms with Gasteiger partial charge in [0.2, 0.25) is 5.91 Å². The molecular weight excluding hydrogens is 466 g/mol. The molecule has 1 fully saturated rings. The third-order valence-electron chi connectivity index (χ3n) is 4.75. The quantitative estimate of drug-likeness (QED) is 0.532. The molecule has 172 valence electrons. The van der Waals surface area contributed by atoms with Crippen molar-refractivity contribution >= 4 is 52.0 Å². The van der Waals surface area contributed by atoms with Gasteiger partial charge in [-0.1, -0.05) is 11.6 Å². The van der Waals surface area contributed by atoms with E-state index in [9.17, 15) is 23.2 Å². The summed E-state index contributed by atoms with van der Waals surface area (Å²) in [7, 11) is 1.51. The number of thiophene rings is 1. The lowest BCUT2D eigenvalue weighted by Crippen LogP contribution is -2.47. The third kappa shape index (κ3) is 5.80. The van der Waals surface area contributed by atoms with Crippen LogP contribution in [0, 0.1) is 0 Å². The molecule has 0 unspecified atom stereocenters. The number of hydrogen-bond acceptors (Lipinski definition) is 6. The molecule has 32 heavy (non-hydrogen) atoms. The molecule has 3 amide bonds. The lowest BCUT2D eigenvalue weighted by molar-refractivity contribution is -0.125. The summed E-state index contributed by atoms with van der Waals surface area (Å²) in [6.07, 6.45) is -2.88. The fraction of sp³-hybridized carbons (Fsp3) is 0.350. The third-order valence-corrected chi connectivity index (χ3v) is 5.98. The van der Waals surface area contributed by atoms with Gasteiger partial charge in [0.15, 0.2) is 0 Å². The van der Waals surface area contributed by atoms with E-state index in [-0.39, 0.29) is 31.3 Å². The molecule has 3 rings (SSSR count). The van der Waals surface area contributed by atoms with Crippen LogP contribution in [-0.2, 0) is 14.3 Å². The number of anilines is 2. The second-order valence-corrected chi connectivity index (χ2v) is 8.53. The number of carbonyl (C=O) groups is 3. The first-order valence-electron chi connectivity index (χ1n) is 9.62. The van der Waals surface area contributed by atoms with Gasteiger partial charge in [-0.15, -0.1) is 11.3 Å². The number of carbonyl (C=O) groups excluding carboxylic acids is 3. The number of halogens is 3. The predicted octanol–water partition coefficient (Wildman–Crippen LogP) is 2.66. The van der Waals surface area contributed by atoms with Crippen LogP contribution in [0.1, 0.15) is 21.7 Å². The Bertz CT molecular complexity index is 1000. The zero-order valence-corrected chi connectivity index (χ0v) is 18.6. The summed E-state index contributed by atoms with van der Waals surface area (Å²) >= 11 is 6.91. The Morgan fingerprint density at radius 2 is 2.06 bits per heavy atom. The second kappa shape index (κ2) is 10.8. The topological polar surface area (TPSA) is 99.8 Å². The van der Waals surface area contributed by atoms with E-state index in [4.69, 9.17) is 16.3 Å². The Morgan fingerprint density at radius 1 is 1.28 bits per heavy atom. The monoisotopic (exact) mass is 486 g/mol. The molecular formula is C20H21ClF2N4O4S. The van der Waals surface area contributed by atoms with Crippen LogP contribution in [0.2, 0.25) is 4.34 Å². The average molecular weight is 487 g/mol. The number of likely N-dealkylation sites (N-methyl/N-ethyl adjacent to an activating group) is 1. The minimum atomic E-state index is -2.88. The Labute approximate surface area is 191 Å². The minimum Gasteiger partial charge on any atom is -0.370 e. The highest BCUT2D eigenvalue weighted by Gasteiger charge is 2.25. The van der Waals surface area contributed by atoms with Crippen LogP contribution < -0.4 is 20.9 Å². The fourth-order valence-corrected chi connectivity index (χ4v) is 4.03. The lowest BCUT2D eigenvalue weighted by Gasteiger charge is -2.27. The van der Waals surface area contributed by atoms with Gasteiger partial charge in [0.05, 0.1) is 15.8 Å². The molecule has 0 saturated carbocycles. The van der Waals surface area contributed by atoms with E-state index in [0.717, 1.165) is 11.3 Å². The van der Waals surface area contributed by atoms with Crippen LogP contribution in [0.5, 0.6) is 0 Å². The Morgan fingerprint density at radius 3 is 2.69 bits per heavy atom.